The largest absolute Gasteiger partial charge is 0.497 e. The molecule has 8 heteroatoms. The van der Waals surface area contributed by atoms with Gasteiger partial charge in [-0.15, -0.1) is 10.2 Å². The Kier molecular flexibility index (Phi) is 5.25. The van der Waals surface area contributed by atoms with E-state index in [-0.39, 0.29) is 17.1 Å². The standard InChI is InChI=1S/C25H23N3O4S/c1-5-6-19-26-27-25(33-19)28-21(15-7-9-16(31-4)10-8-15)20-22(29)17-11-13(2)14(3)12-18(17)32-23(20)24(28)30/h7-12,21H,5-6H2,1-4H3. The summed E-state index contributed by atoms with van der Waals surface area (Å²) in [7, 11) is 1.59. The number of benzene rings is 2. The first-order chi connectivity index (χ1) is 15.9. The second-order valence-electron chi connectivity index (χ2n) is 8.19. The fourth-order valence-electron chi connectivity index (χ4n) is 4.18. The number of aromatic nitrogens is 2. The van der Waals surface area contributed by atoms with Crippen molar-refractivity contribution in [3.05, 3.63) is 79.6 Å². The van der Waals surface area contributed by atoms with Gasteiger partial charge in [0.1, 0.15) is 16.3 Å². The molecule has 1 atom stereocenters. The van der Waals surface area contributed by atoms with Gasteiger partial charge in [-0.2, -0.15) is 0 Å². The van der Waals surface area contributed by atoms with Crippen molar-refractivity contribution in [2.45, 2.75) is 39.7 Å². The highest BCUT2D eigenvalue weighted by atomic mass is 32.1. The van der Waals surface area contributed by atoms with E-state index in [1.165, 1.54) is 16.2 Å². The maximum Gasteiger partial charge on any atom is 0.297 e. The van der Waals surface area contributed by atoms with Gasteiger partial charge in [-0.3, -0.25) is 14.5 Å². The van der Waals surface area contributed by atoms with E-state index in [2.05, 4.69) is 17.1 Å². The van der Waals surface area contributed by atoms with Crippen LogP contribution in [-0.4, -0.2) is 23.2 Å². The van der Waals surface area contributed by atoms with Gasteiger partial charge in [-0.25, -0.2) is 0 Å². The minimum atomic E-state index is -0.664. The van der Waals surface area contributed by atoms with Crippen LogP contribution in [0.4, 0.5) is 5.13 Å². The molecule has 0 spiro atoms. The Balaban J connectivity index is 1.76. The summed E-state index contributed by atoms with van der Waals surface area (Å²) in [4.78, 5) is 28.9. The number of hydrogen-bond donors (Lipinski definition) is 0. The van der Waals surface area contributed by atoms with Gasteiger partial charge in [-0.05, 0) is 61.2 Å². The van der Waals surface area contributed by atoms with Crippen LogP contribution in [0.2, 0.25) is 0 Å². The zero-order valence-electron chi connectivity index (χ0n) is 18.8. The molecule has 7 nitrogen and oxygen atoms in total. The van der Waals surface area contributed by atoms with E-state index in [1.54, 1.807) is 7.11 Å². The lowest BCUT2D eigenvalue weighted by atomic mass is 9.97. The van der Waals surface area contributed by atoms with Crippen LogP contribution in [0.3, 0.4) is 0 Å². The van der Waals surface area contributed by atoms with E-state index in [0.717, 1.165) is 34.5 Å². The lowest BCUT2D eigenvalue weighted by Crippen LogP contribution is -2.29. The van der Waals surface area contributed by atoms with E-state index in [1.807, 2.05) is 50.2 Å². The van der Waals surface area contributed by atoms with E-state index in [4.69, 9.17) is 9.15 Å². The minimum absolute atomic E-state index is 0.0591. The predicted octanol–water partition coefficient (Wildman–Crippen LogP) is 4.97. The number of amides is 1. The summed E-state index contributed by atoms with van der Waals surface area (Å²) in [5.41, 5.74) is 3.29. The van der Waals surface area contributed by atoms with Crippen LogP contribution in [0.15, 0.2) is 45.6 Å². The molecule has 0 saturated carbocycles. The highest BCUT2D eigenvalue weighted by Crippen LogP contribution is 2.42. The van der Waals surface area contributed by atoms with Gasteiger partial charge in [0.15, 0.2) is 5.43 Å². The summed E-state index contributed by atoms with van der Waals surface area (Å²) in [5, 5.41) is 10.3. The van der Waals surface area contributed by atoms with Gasteiger partial charge in [0.05, 0.1) is 24.1 Å². The smallest absolute Gasteiger partial charge is 0.297 e. The molecule has 0 aliphatic carbocycles. The maximum absolute atomic E-state index is 13.7. The molecule has 3 heterocycles. The molecule has 33 heavy (non-hydrogen) atoms. The number of rotatable bonds is 5. The van der Waals surface area contributed by atoms with Crippen molar-refractivity contribution in [1.82, 2.24) is 10.2 Å². The molecule has 1 amide bonds. The molecule has 0 saturated heterocycles. The topological polar surface area (TPSA) is 85.5 Å². The van der Waals surface area contributed by atoms with E-state index in [0.29, 0.717) is 27.4 Å². The quantitative estimate of drug-likeness (QED) is 0.417. The van der Waals surface area contributed by atoms with Gasteiger partial charge >= 0.3 is 0 Å². The van der Waals surface area contributed by atoms with Crippen molar-refractivity contribution in [2.24, 2.45) is 0 Å². The maximum atomic E-state index is 13.7. The molecule has 2 aromatic heterocycles. The van der Waals surface area contributed by atoms with Crippen molar-refractivity contribution >= 4 is 33.3 Å². The first-order valence-corrected chi connectivity index (χ1v) is 11.6. The Morgan fingerprint density at radius 3 is 2.52 bits per heavy atom. The average molecular weight is 462 g/mol. The minimum Gasteiger partial charge on any atom is -0.497 e. The third-order valence-corrected chi connectivity index (χ3v) is 7.03. The highest BCUT2D eigenvalue weighted by molar-refractivity contribution is 7.15. The third-order valence-electron chi connectivity index (χ3n) is 6.04. The number of carbonyl (C=O) groups is 1. The normalized spacial score (nSPS) is 15.3. The number of fused-ring (bicyclic) bond motifs is 2. The summed E-state index contributed by atoms with van der Waals surface area (Å²) >= 11 is 1.36. The molecule has 0 N–H and O–H groups in total. The van der Waals surface area contributed by atoms with Crippen LogP contribution in [-0.2, 0) is 6.42 Å². The first kappa shape index (κ1) is 21.3. The zero-order valence-corrected chi connectivity index (χ0v) is 19.7. The Labute approximate surface area is 194 Å². The molecule has 1 aliphatic rings. The van der Waals surface area contributed by atoms with Crippen molar-refractivity contribution in [1.29, 1.82) is 0 Å². The van der Waals surface area contributed by atoms with Gasteiger partial charge in [-0.1, -0.05) is 30.4 Å². The average Bonchev–Trinajstić information content (AvgIpc) is 3.38. The van der Waals surface area contributed by atoms with Crippen molar-refractivity contribution in [2.75, 3.05) is 12.0 Å². The number of ether oxygens (including phenoxy) is 1. The number of carbonyl (C=O) groups excluding carboxylic acids is 1. The Morgan fingerprint density at radius 2 is 1.82 bits per heavy atom. The van der Waals surface area contributed by atoms with E-state index >= 15 is 0 Å². The lowest BCUT2D eigenvalue weighted by Gasteiger charge is -2.22. The third kappa shape index (κ3) is 3.41. The summed E-state index contributed by atoms with van der Waals surface area (Å²) < 4.78 is 11.4. The molecule has 0 radical (unpaired) electrons. The van der Waals surface area contributed by atoms with Crippen molar-refractivity contribution < 1.29 is 13.9 Å². The number of anilines is 1. The first-order valence-electron chi connectivity index (χ1n) is 10.8. The van der Waals surface area contributed by atoms with Gasteiger partial charge < -0.3 is 9.15 Å². The Bertz CT molecular complexity index is 1440. The summed E-state index contributed by atoms with van der Waals surface area (Å²) in [6, 6.07) is 10.3. The predicted molar refractivity (Wildman–Crippen MR) is 128 cm³/mol. The summed E-state index contributed by atoms with van der Waals surface area (Å²) in [6.07, 6.45) is 1.70. The molecular formula is C25H23N3O4S. The fourth-order valence-corrected chi connectivity index (χ4v) is 5.15. The molecule has 168 valence electrons. The summed E-state index contributed by atoms with van der Waals surface area (Å²) in [6.45, 7) is 5.97. The Morgan fingerprint density at radius 1 is 1.09 bits per heavy atom. The van der Waals surface area contributed by atoms with Crippen LogP contribution in [0.25, 0.3) is 11.0 Å². The SMILES string of the molecule is CCCc1nnc(N2C(=O)c3oc4cc(C)c(C)cc4c(=O)c3C2c2ccc(OC)cc2)s1. The lowest BCUT2D eigenvalue weighted by molar-refractivity contribution is 0.0970. The van der Waals surface area contributed by atoms with Crippen molar-refractivity contribution in [3.63, 3.8) is 0 Å². The fraction of sp³-hybridized carbons (Fsp3) is 0.280. The van der Waals surface area contributed by atoms with E-state index in [9.17, 15) is 9.59 Å². The monoisotopic (exact) mass is 461 g/mol. The van der Waals surface area contributed by atoms with Crippen LogP contribution >= 0.6 is 11.3 Å². The molecule has 2 aromatic carbocycles. The number of aryl methyl sites for hydroxylation is 3. The Hall–Kier alpha value is -3.52. The second-order valence-corrected chi connectivity index (χ2v) is 9.23. The van der Waals surface area contributed by atoms with Crippen LogP contribution in [0, 0.1) is 13.8 Å². The zero-order chi connectivity index (χ0) is 23.3. The number of hydrogen-bond acceptors (Lipinski definition) is 7. The summed E-state index contributed by atoms with van der Waals surface area (Å²) in [5.74, 6) is 0.360. The van der Waals surface area contributed by atoms with Gasteiger partial charge in [0.25, 0.3) is 5.91 Å². The van der Waals surface area contributed by atoms with Gasteiger partial charge in [0.2, 0.25) is 10.9 Å². The molecule has 4 aromatic rings. The molecule has 1 unspecified atom stereocenters. The van der Waals surface area contributed by atoms with Crippen LogP contribution < -0.4 is 15.1 Å². The molecular weight excluding hydrogens is 438 g/mol. The molecule has 1 aliphatic heterocycles. The second kappa shape index (κ2) is 8.12. The number of methoxy groups -OCH3 is 1. The molecule has 0 fully saturated rings. The van der Waals surface area contributed by atoms with Crippen LogP contribution in [0.1, 0.15) is 57.2 Å². The van der Waals surface area contributed by atoms with Crippen LogP contribution in [0.5, 0.6) is 5.75 Å². The molecule has 0 bridgehead atoms. The highest BCUT2D eigenvalue weighted by Gasteiger charge is 2.45. The van der Waals surface area contributed by atoms with Crippen molar-refractivity contribution in [3.8, 4) is 5.75 Å². The molecule has 5 rings (SSSR count). The van der Waals surface area contributed by atoms with Gasteiger partial charge in [0, 0.05) is 6.42 Å². The number of nitrogens with zero attached hydrogens (tertiary/aromatic N) is 3. The van der Waals surface area contributed by atoms with E-state index < -0.39 is 6.04 Å².